The van der Waals surface area contributed by atoms with E-state index in [0.29, 0.717) is 17.1 Å². The highest BCUT2D eigenvalue weighted by Gasteiger charge is 2.54. The summed E-state index contributed by atoms with van der Waals surface area (Å²) in [4.78, 5) is 48.9. The number of aromatic nitrogens is 2. The van der Waals surface area contributed by atoms with Crippen molar-refractivity contribution in [2.24, 2.45) is 0 Å². The molecule has 2 aliphatic rings. The predicted octanol–water partition coefficient (Wildman–Crippen LogP) is 0.423. The van der Waals surface area contributed by atoms with Crippen LogP contribution >= 0.6 is 34.9 Å². The molecule has 0 bridgehead atoms. The number of hydrogen-bond acceptors (Lipinski definition) is 10. The minimum atomic E-state index is -1.19. The first-order chi connectivity index (χ1) is 14.3. The highest BCUT2D eigenvalue weighted by molar-refractivity contribution is 8.01. The minimum Gasteiger partial charge on any atom is -0.477 e. The van der Waals surface area contributed by atoms with E-state index in [1.807, 2.05) is 6.92 Å². The van der Waals surface area contributed by atoms with Crippen LogP contribution in [0.3, 0.4) is 0 Å². The molecule has 1 fully saturated rings. The summed E-state index contributed by atoms with van der Waals surface area (Å²) in [5, 5.41) is 22.7. The Balaban J connectivity index is 1.62. The summed E-state index contributed by atoms with van der Waals surface area (Å²) >= 11 is 4.16. The summed E-state index contributed by atoms with van der Waals surface area (Å²) in [6.07, 6.45) is 0. The maximum absolute atomic E-state index is 12.6. The Morgan fingerprint density at radius 2 is 2.13 bits per heavy atom. The molecule has 1 aromatic rings. The Hall–Kier alpha value is -2.32. The summed E-state index contributed by atoms with van der Waals surface area (Å²) < 4.78 is 5.44. The van der Waals surface area contributed by atoms with Gasteiger partial charge in [0.1, 0.15) is 28.7 Å². The number of urea groups is 1. The number of amides is 3. The highest BCUT2D eigenvalue weighted by atomic mass is 32.2. The molecule has 30 heavy (non-hydrogen) atoms. The van der Waals surface area contributed by atoms with Crippen LogP contribution in [0.2, 0.25) is 0 Å². The number of aliphatic carboxylic acids is 1. The van der Waals surface area contributed by atoms with Crippen LogP contribution in [0.1, 0.15) is 11.9 Å². The van der Waals surface area contributed by atoms with Crippen molar-refractivity contribution in [1.29, 1.82) is 0 Å². The van der Waals surface area contributed by atoms with E-state index in [0.717, 1.165) is 9.35 Å². The van der Waals surface area contributed by atoms with Gasteiger partial charge in [-0.25, -0.2) is 9.59 Å². The van der Waals surface area contributed by atoms with E-state index < -0.39 is 35.3 Å². The first kappa shape index (κ1) is 22.4. The molecule has 0 aliphatic carbocycles. The molecule has 3 heterocycles. The summed E-state index contributed by atoms with van der Waals surface area (Å²) in [5.74, 6) is -1.51. The third-order valence-corrected chi connectivity index (χ3v) is 7.51. The van der Waals surface area contributed by atoms with Crippen LogP contribution in [0.15, 0.2) is 15.6 Å². The molecular weight excluding hydrogens is 454 g/mol. The number of carbonyl (C=O) groups is 4. The van der Waals surface area contributed by atoms with Crippen LogP contribution < -0.4 is 10.6 Å². The molecule has 0 spiro atoms. The van der Waals surface area contributed by atoms with Crippen molar-refractivity contribution < 1.29 is 29.0 Å². The lowest BCUT2D eigenvalue weighted by atomic mass is 10.0. The molecular formula is C16H19N5O6S3. The van der Waals surface area contributed by atoms with Crippen LogP contribution in [0.4, 0.5) is 4.79 Å². The zero-order valence-corrected chi connectivity index (χ0v) is 18.5. The Morgan fingerprint density at radius 1 is 1.37 bits per heavy atom. The number of rotatable bonds is 8. The lowest BCUT2D eigenvalue weighted by Crippen LogP contribution is -2.71. The zero-order chi connectivity index (χ0) is 21.8. The number of ether oxygens (including phenoxy) is 1. The second kappa shape index (κ2) is 9.66. The van der Waals surface area contributed by atoms with E-state index in [9.17, 15) is 24.3 Å². The van der Waals surface area contributed by atoms with E-state index in [-0.39, 0.29) is 18.8 Å². The zero-order valence-electron chi connectivity index (χ0n) is 16.0. The number of carbonyl (C=O) groups excluding carboxylic acids is 3. The van der Waals surface area contributed by atoms with Crippen molar-refractivity contribution in [1.82, 2.24) is 25.7 Å². The molecule has 0 saturated carbocycles. The summed E-state index contributed by atoms with van der Waals surface area (Å²) in [6, 6.07) is -1.57. The van der Waals surface area contributed by atoms with Crippen LogP contribution in [0.5, 0.6) is 0 Å². The number of aryl methyl sites for hydroxylation is 1. The number of β-lactam (4-membered cyclic amide) rings is 1. The van der Waals surface area contributed by atoms with E-state index >= 15 is 0 Å². The van der Waals surface area contributed by atoms with E-state index in [1.54, 1.807) is 6.92 Å². The normalized spacial score (nSPS) is 20.3. The quantitative estimate of drug-likeness (QED) is 0.275. The molecule has 11 nitrogen and oxygen atoms in total. The predicted molar refractivity (Wildman–Crippen MR) is 110 cm³/mol. The Labute approximate surface area is 184 Å². The summed E-state index contributed by atoms with van der Waals surface area (Å²) in [6.45, 7) is 3.35. The monoisotopic (exact) mass is 473 g/mol. The van der Waals surface area contributed by atoms with Gasteiger partial charge in [0, 0.05) is 11.5 Å². The van der Waals surface area contributed by atoms with Crippen molar-refractivity contribution >= 4 is 58.7 Å². The molecule has 0 radical (unpaired) electrons. The molecule has 2 atom stereocenters. The minimum absolute atomic E-state index is 0.0533. The fourth-order valence-electron chi connectivity index (χ4n) is 2.84. The SMILES string of the molecule is CCOC(=O)CNC(=O)NC1C(=O)N2C(C(=O)O)=C(CSc3nnc(C)s3)CS[C@@H]12. The number of hydrogen-bond donors (Lipinski definition) is 3. The standard InChI is InChI=1S/C16H19N5O6S3/c1-3-27-9(22)4-17-15(26)18-10-12(23)21-11(14(24)25)8(5-28-13(10)21)6-29-16-20-19-7(2)30-16/h10,13H,3-6H2,1-2H3,(H,24,25)(H2,17,18,26)/t10?,13-/m0/s1. The van der Waals surface area contributed by atoms with Crippen LogP contribution in [0, 0.1) is 6.92 Å². The molecule has 1 unspecified atom stereocenters. The number of carboxylic acids is 1. The average Bonchev–Trinajstić information content (AvgIpc) is 3.13. The molecule has 3 rings (SSSR count). The number of nitrogens with zero attached hydrogens (tertiary/aromatic N) is 3. The van der Waals surface area contributed by atoms with Crippen molar-refractivity contribution in [2.45, 2.75) is 29.6 Å². The van der Waals surface area contributed by atoms with Crippen LogP contribution in [-0.4, -0.2) is 80.2 Å². The Kier molecular flexibility index (Phi) is 7.20. The van der Waals surface area contributed by atoms with Gasteiger partial charge in [0.05, 0.1) is 6.61 Å². The number of carboxylic acid groups (broad SMARTS) is 1. The summed E-state index contributed by atoms with van der Waals surface area (Å²) in [7, 11) is 0. The molecule has 2 aliphatic heterocycles. The van der Waals surface area contributed by atoms with Gasteiger partial charge < -0.3 is 20.5 Å². The lowest BCUT2D eigenvalue weighted by Gasteiger charge is -2.49. The van der Waals surface area contributed by atoms with Gasteiger partial charge in [0.2, 0.25) is 0 Å². The second-order valence-electron chi connectivity index (χ2n) is 6.15. The average molecular weight is 474 g/mol. The molecule has 3 N–H and O–H groups in total. The van der Waals surface area contributed by atoms with Gasteiger partial charge in [-0.15, -0.1) is 22.0 Å². The van der Waals surface area contributed by atoms with Gasteiger partial charge >= 0.3 is 18.0 Å². The summed E-state index contributed by atoms with van der Waals surface area (Å²) in [5.41, 5.74) is 0.558. The largest absolute Gasteiger partial charge is 0.477 e. The number of nitrogens with one attached hydrogen (secondary N) is 2. The third kappa shape index (κ3) is 4.87. The van der Waals surface area contributed by atoms with E-state index in [2.05, 4.69) is 20.8 Å². The fourth-order valence-corrected chi connectivity index (χ4v) is 6.14. The van der Waals surface area contributed by atoms with Crippen molar-refractivity contribution in [2.75, 3.05) is 24.7 Å². The molecule has 162 valence electrons. The van der Waals surface area contributed by atoms with Gasteiger partial charge in [0.25, 0.3) is 5.91 Å². The van der Waals surface area contributed by atoms with Crippen molar-refractivity contribution in [3.05, 3.63) is 16.3 Å². The maximum Gasteiger partial charge on any atom is 0.352 e. The molecule has 1 saturated heterocycles. The van der Waals surface area contributed by atoms with Gasteiger partial charge in [-0.1, -0.05) is 23.1 Å². The molecule has 0 aromatic carbocycles. The van der Waals surface area contributed by atoms with Crippen LogP contribution in [0.25, 0.3) is 0 Å². The van der Waals surface area contributed by atoms with Gasteiger partial charge in [-0.3, -0.25) is 14.5 Å². The number of fused-ring (bicyclic) bond motifs is 1. The van der Waals surface area contributed by atoms with E-state index in [1.165, 1.54) is 39.8 Å². The van der Waals surface area contributed by atoms with Crippen molar-refractivity contribution in [3.8, 4) is 0 Å². The van der Waals surface area contributed by atoms with Gasteiger partial charge in [-0.2, -0.15) is 0 Å². The van der Waals surface area contributed by atoms with Gasteiger partial charge in [-0.05, 0) is 19.4 Å². The Morgan fingerprint density at radius 3 is 2.77 bits per heavy atom. The smallest absolute Gasteiger partial charge is 0.352 e. The second-order valence-corrected chi connectivity index (χ2v) is 9.66. The van der Waals surface area contributed by atoms with E-state index in [4.69, 9.17) is 4.74 Å². The topological polar surface area (TPSA) is 151 Å². The molecule has 3 amide bonds. The first-order valence-electron chi connectivity index (χ1n) is 8.84. The third-order valence-electron chi connectivity index (χ3n) is 4.11. The number of esters is 1. The van der Waals surface area contributed by atoms with Gasteiger partial charge in [0.15, 0.2) is 4.34 Å². The Bertz CT molecular complexity index is 904. The van der Waals surface area contributed by atoms with Crippen LogP contribution in [-0.2, 0) is 19.1 Å². The lowest BCUT2D eigenvalue weighted by molar-refractivity contribution is -0.148. The fraction of sp³-hybridized carbons (Fsp3) is 0.500. The highest BCUT2D eigenvalue weighted by Crippen LogP contribution is 2.41. The number of thioether (sulfide) groups is 2. The van der Waals surface area contributed by atoms with Crippen molar-refractivity contribution in [3.63, 3.8) is 0 Å². The molecule has 14 heteroatoms. The molecule has 1 aromatic heterocycles. The first-order valence-corrected chi connectivity index (χ1v) is 11.7. The maximum atomic E-state index is 12.6.